The fraction of sp³-hybridized carbons (Fsp3) is 0.476. The fourth-order valence-electron chi connectivity index (χ4n) is 3.87. The second-order valence-corrected chi connectivity index (χ2v) is 7.34. The SMILES string of the molecule is COc1cccc([C@@H]2C[C@H]2C(=O)N2CCN(CCc3cnccn3)CC2)c1. The van der Waals surface area contributed by atoms with Crippen LogP contribution in [0.5, 0.6) is 5.75 Å². The number of amides is 1. The molecule has 1 saturated heterocycles. The second-order valence-electron chi connectivity index (χ2n) is 7.34. The highest BCUT2D eigenvalue weighted by Crippen LogP contribution is 2.49. The quantitative estimate of drug-likeness (QED) is 0.782. The van der Waals surface area contributed by atoms with Crippen LogP contribution in [0.4, 0.5) is 0 Å². The smallest absolute Gasteiger partial charge is 0.226 e. The molecule has 0 N–H and O–H groups in total. The van der Waals surface area contributed by atoms with E-state index in [9.17, 15) is 4.79 Å². The van der Waals surface area contributed by atoms with Gasteiger partial charge in [0.05, 0.1) is 12.8 Å². The summed E-state index contributed by atoms with van der Waals surface area (Å²) in [6.07, 6.45) is 7.12. The molecule has 0 unspecified atom stereocenters. The van der Waals surface area contributed by atoms with Gasteiger partial charge in [0.15, 0.2) is 0 Å². The molecule has 2 aliphatic rings. The normalized spacial score (nSPS) is 22.5. The molecule has 0 radical (unpaired) electrons. The van der Waals surface area contributed by atoms with Gasteiger partial charge in [0.25, 0.3) is 0 Å². The van der Waals surface area contributed by atoms with Crippen LogP contribution in [0.15, 0.2) is 42.9 Å². The van der Waals surface area contributed by atoms with Crippen LogP contribution in [-0.4, -0.2) is 65.5 Å². The minimum Gasteiger partial charge on any atom is -0.497 e. The summed E-state index contributed by atoms with van der Waals surface area (Å²) in [5.41, 5.74) is 2.24. The first kappa shape index (κ1) is 17.9. The number of rotatable bonds is 6. The Kier molecular flexibility index (Phi) is 5.34. The molecule has 2 heterocycles. The molecule has 6 heteroatoms. The molecular weight excluding hydrogens is 340 g/mol. The molecule has 1 aromatic carbocycles. The molecule has 0 spiro atoms. The van der Waals surface area contributed by atoms with Gasteiger partial charge in [-0.2, -0.15) is 0 Å². The minimum absolute atomic E-state index is 0.142. The van der Waals surface area contributed by atoms with Crippen molar-refractivity contribution in [2.24, 2.45) is 5.92 Å². The number of hydrogen-bond acceptors (Lipinski definition) is 5. The second kappa shape index (κ2) is 8.05. The Morgan fingerprint density at radius 1 is 1.22 bits per heavy atom. The third-order valence-corrected chi connectivity index (χ3v) is 5.61. The van der Waals surface area contributed by atoms with E-state index < -0.39 is 0 Å². The maximum Gasteiger partial charge on any atom is 0.226 e. The third-order valence-electron chi connectivity index (χ3n) is 5.61. The summed E-state index contributed by atoms with van der Waals surface area (Å²) < 4.78 is 5.30. The third kappa shape index (κ3) is 4.27. The number of carbonyl (C=O) groups excluding carboxylic acids is 1. The summed E-state index contributed by atoms with van der Waals surface area (Å²) >= 11 is 0. The number of carbonyl (C=O) groups is 1. The zero-order chi connectivity index (χ0) is 18.6. The molecule has 1 amide bonds. The molecule has 0 bridgehead atoms. The van der Waals surface area contributed by atoms with Crippen LogP contribution in [0.2, 0.25) is 0 Å². The van der Waals surface area contributed by atoms with Crippen molar-refractivity contribution >= 4 is 5.91 Å². The van der Waals surface area contributed by atoms with Gasteiger partial charge < -0.3 is 9.64 Å². The largest absolute Gasteiger partial charge is 0.497 e. The first-order chi connectivity index (χ1) is 13.2. The highest BCUT2D eigenvalue weighted by molar-refractivity contribution is 5.83. The van der Waals surface area contributed by atoms with E-state index >= 15 is 0 Å². The summed E-state index contributed by atoms with van der Waals surface area (Å²) in [6, 6.07) is 8.11. The number of ether oxygens (including phenoxy) is 1. The van der Waals surface area contributed by atoms with Gasteiger partial charge in [-0.25, -0.2) is 0 Å². The zero-order valence-electron chi connectivity index (χ0n) is 15.8. The molecule has 4 rings (SSSR count). The Morgan fingerprint density at radius 2 is 2.07 bits per heavy atom. The van der Waals surface area contributed by atoms with Gasteiger partial charge in [0.1, 0.15) is 5.75 Å². The summed E-state index contributed by atoms with van der Waals surface area (Å²) in [4.78, 5) is 25.7. The van der Waals surface area contributed by atoms with Crippen LogP contribution in [0.3, 0.4) is 0 Å². The standard InChI is InChI=1S/C21H26N4O2/c1-27-18-4-2-3-16(13-18)19-14-20(19)21(26)25-11-9-24(10-12-25)8-5-17-15-22-6-7-23-17/h2-4,6-7,13,15,19-20H,5,8-12,14H2,1H3/t19-,20+/m0/s1. The molecular formula is C21H26N4O2. The number of hydrogen-bond donors (Lipinski definition) is 0. The molecule has 1 aliphatic carbocycles. The molecule has 2 aromatic rings. The molecule has 1 aromatic heterocycles. The van der Waals surface area contributed by atoms with E-state index in [2.05, 4.69) is 27.0 Å². The summed E-state index contributed by atoms with van der Waals surface area (Å²) in [5.74, 6) is 1.67. The lowest BCUT2D eigenvalue weighted by Crippen LogP contribution is -2.49. The van der Waals surface area contributed by atoms with Crippen molar-refractivity contribution in [3.8, 4) is 5.75 Å². The molecule has 142 valence electrons. The minimum atomic E-state index is 0.142. The van der Waals surface area contributed by atoms with Crippen molar-refractivity contribution in [3.63, 3.8) is 0 Å². The van der Waals surface area contributed by atoms with Crippen molar-refractivity contribution in [1.82, 2.24) is 19.8 Å². The lowest BCUT2D eigenvalue weighted by molar-refractivity contribution is -0.134. The van der Waals surface area contributed by atoms with Crippen molar-refractivity contribution in [1.29, 1.82) is 0 Å². The molecule has 2 fully saturated rings. The van der Waals surface area contributed by atoms with Crippen LogP contribution >= 0.6 is 0 Å². The molecule has 2 atom stereocenters. The van der Waals surface area contributed by atoms with Gasteiger partial charge in [-0.1, -0.05) is 12.1 Å². The first-order valence-electron chi connectivity index (χ1n) is 9.64. The first-order valence-corrected chi connectivity index (χ1v) is 9.64. The monoisotopic (exact) mass is 366 g/mol. The molecule has 1 aliphatic heterocycles. The Balaban J connectivity index is 1.24. The maximum absolute atomic E-state index is 12.8. The van der Waals surface area contributed by atoms with Crippen molar-refractivity contribution < 1.29 is 9.53 Å². The van der Waals surface area contributed by atoms with Gasteiger partial charge in [-0.05, 0) is 30.0 Å². The van der Waals surface area contributed by atoms with Gasteiger partial charge in [0, 0.05) is 63.7 Å². The van der Waals surface area contributed by atoms with Crippen LogP contribution in [0.1, 0.15) is 23.6 Å². The van der Waals surface area contributed by atoms with Gasteiger partial charge >= 0.3 is 0 Å². The van der Waals surface area contributed by atoms with Gasteiger partial charge in [0.2, 0.25) is 5.91 Å². The van der Waals surface area contributed by atoms with E-state index in [0.29, 0.717) is 11.8 Å². The van der Waals surface area contributed by atoms with E-state index in [1.165, 1.54) is 5.56 Å². The summed E-state index contributed by atoms with van der Waals surface area (Å²) in [7, 11) is 1.68. The van der Waals surface area contributed by atoms with Crippen LogP contribution in [-0.2, 0) is 11.2 Å². The van der Waals surface area contributed by atoms with E-state index in [0.717, 1.165) is 57.0 Å². The Hall–Kier alpha value is -2.47. The van der Waals surface area contributed by atoms with Crippen molar-refractivity contribution in [3.05, 3.63) is 54.1 Å². The van der Waals surface area contributed by atoms with Crippen LogP contribution in [0.25, 0.3) is 0 Å². The molecule has 1 saturated carbocycles. The maximum atomic E-state index is 12.8. The average molecular weight is 366 g/mol. The number of methoxy groups -OCH3 is 1. The number of benzene rings is 1. The van der Waals surface area contributed by atoms with Gasteiger partial charge in [-0.15, -0.1) is 0 Å². The summed E-state index contributed by atoms with van der Waals surface area (Å²) in [5, 5.41) is 0. The summed E-state index contributed by atoms with van der Waals surface area (Å²) in [6.45, 7) is 4.48. The van der Waals surface area contributed by atoms with E-state index in [1.807, 2.05) is 23.2 Å². The Bertz CT molecular complexity index is 775. The molecule has 27 heavy (non-hydrogen) atoms. The van der Waals surface area contributed by atoms with E-state index in [1.54, 1.807) is 19.5 Å². The van der Waals surface area contributed by atoms with Gasteiger partial charge in [-0.3, -0.25) is 19.7 Å². The highest BCUT2D eigenvalue weighted by Gasteiger charge is 2.46. The number of piperazine rings is 1. The highest BCUT2D eigenvalue weighted by atomic mass is 16.5. The predicted molar refractivity (Wildman–Crippen MR) is 103 cm³/mol. The van der Waals surface area contributed by atoms with Crippen molar-refractivity contribution in [2.45, 2.75) is 18.8 Å². The Labute approximate surface area is 160 Å². The lowest BCUT2D eigenvalue weighted by Gasteiger charge is -2.35. The predicted octanol–water partition coefficient (Wildman–Crippen LogP) is 1.98. The number of aromatic nitrogens is 2. The topological polar surface area (TPSA) is 58.6 Å². The van der Waals surface area contributed by atoms with Crippen LogP contribution in [0, 0.1) is 5.92 Å². The lowest BCUT2D eigenvalue weighted by atomic mass is 10.1. The Morgan fingerprint density at radius 3 is 2.81 bits per heavy atom. The molecule has 6 nitrogen and oxygen atoms in total. The number of nitrogens with zero attached hydrogens (tertiary/aromatic N) is 4. The average Bonchev–Trinajstić information content (AvgIpc) is 3.54. The van der Waals surface area contributed by atoms with E-state index in [-0.39, 0.29) is 5.92 Å². The van der Waals surface area contributed by atoms with E-state index in [4.69, 9.17) is 4.74 Å². The van der Waals surface area contributed by atoms with Crippen LogP contribution < -0.4 is 4.74 Å². The van der Waals surface area contributed by atoms with Crippen molar-refractivity contribution in [2.75, 3.05) is 39.8 Å². The zero-order valence-corrected chi connectivity index (χ0v) is 15.8. The fourth-order valence-corrected chi connectivity index (χ4v) is 3.87.